The summed E-state index contributed by atoms with van der Waals surface area (Å²) in [5.74, 6) is -0.271. The van der Waals surface area contributed by atoms with Crippen LogP contribution in [0.4, 0.5) is 0 Å². The SMILES string of the molecule is CN(C)[C@H](CNC(=O)C1CCN(CC(N)=O)CC1)c1ccccc1Cl. The molecule has 6 nitrogen and oxygen atoms in total. The normalized spacial score (nSPS) is 17.4. The lowest BCUT2D eigenvalue weighted by atomic mass is 9.95. The minimum absolute atomic E-state index is 0.0156. The number of halogens is 1. The van der Waals surface area contributed by atoms with Crippen LogP contribution in [-0.2, 0) is 9.59 Å². The Kier molecular flexibility index (Phi) is 7.23. The van der Waals surface area contributed by atoms with E-state index in [1.54, 1.807) is 0 Å². The van der Waals surface area contributed by atoms with Gasteiger partial charge in [-0.05, 0) is 51.7 Å². The number of nitrogens with two attached hydrogens (primary N) is 1. The van der Waals surface area contributed by atoms with E-state index in [1.165, 1.54) is 0 Å². The van der Waals surface area contributed by atoms with Crippen LogP contribution in [0.15, 0.2) is 24.3 Å². The maximum absolute atomic E-state index is 12.5. The molecule has 1 aromatic rings. The third kappa shape index (κ3) is 5.70. The molecule has 7 heteroatoms. The third-order valence-corrected chi connectivity index (χ3v) is 5.04. The van der Waals surface area contributed by atoms with Gasteiger partial charge in [-0.1, -0.05) is 29.8 Å². The van der Waals surface area contributed by atoms with E-state index in [2.05, 4.69) is 10.2 Å². The van der Waals surface area contributed by atoms with Gasteiger partial charge in [0.15, 0.2) is 0 Å². The van der Waals surface area contributed by atoms with Crippen molar-refractivity contribution in [2.75, 3.05) is 40.3 Å². The quantitative estimate of drug-likeness (QED) is 0.761. The van der Waals surface area contributed by atoms with Gasteiger partial charge in [-0.2, -0.15) is 0 Å². The Labute approximate surface area is 154 Å². The lowest BCUT2D eigenvalue weighted by Gasteiger charge is -2.31. The van der Waals surface area contributed by atoms with Crippen molar-refractivity contribution in [3.8, 4) is 0 Å². The van der Waals surface area contributed by atoms with Gasteiger partial charge in [-0.25, -0.2) is 0 Å². The number of nitrogens with zero attached hydrogens (tertiary/aromatic N) is 2. The predicted molar refractivity (Wildman–Crippen MR) is 99.2 cm³/mol. The fourth-order valence-corrected chi connectivity index (χ4v) is 3.49. The van der Waals surface area contributed by atoms with Crippen molar-refractivity contribution in [1.82, 2.24) is 15.1 Å². The number of rotatable bonds is 7. The molecule has 3 N–H and O–H groups in total. The minimum atomic E-state index is -0.323. The van der Waals surface area contributed by atoms with E-state index < -0.39 is 0 Å². The number of primary amides is 1. The van der Waals surface area contributed by atoms with Crippen LogP contribution in [0.5, 0.6) is 0 Å². The maximum Gasteiger partial charge on any atom is 0.231 e. The van der Waals surface area contributed by atoms with Crippen molar-refractivity contribution < 1.29 is 9.59 Å². The Morgan fingerprint density at radius 1 is 1.32 bits per heavy atom. The highest BCUT2D eigenvalue weighted by Gasteiger charge is 2.26. The van der Waals surface area contributed by atoms with Gasteiger partial charge in [0.1, 0.15) is 0 Å². The number of likely N-dealkylation sites (tertiary alicyclic amines) is 1. The molecule has 0 bridgehead atoms. The molecular weight excluding hydrogens is 340 g/mol. The number of benzene rings is 1. The van der Waals surface area contributed by atoms with Gasteiger partial charge >= 0.3 is 0 Å². The van der Waals surface area contributed by atoms with Crippen LogP contribution in [0.1, 0.15) is 24.4 Å². The second-order valence-corrected chi connectivity index (χ2v) is 7.17. The van der Waals surface area contributed by atoms with Crippen LogP contribution >= 0.6 is 11.6 Å². The van der Waals surface area contributed by atoms with Crippen LogP contribution in [0.2, 0.25) is 5.02 Å². The number of amides is 2. The highest BCUT2D eigenvalue weighted by Crippen LogP contribution is 2.25. The highest BCUT2D eigenvalue weighted by atomic mass is 35.5. The average Bonchev–Trinajstić information content (AvgIpc) is 2.56. The molecule has 0 aliphatic carbocycles. The number of nitrogens with one attached hydrogen (secondary N) is 1. The molecule has 0 unspecified atom stereocenters. The highest BCUT2D eigenvalue weighted by molar-refractivity contribution is 6.31. The van der Waals surface area contributed by atoms with Crippen LogP contribution in [0.3, 0.4) is 0 Å². The van der Waals surface area contributed by atoms with Gasteiger partial charge in [0.2, 0.25) is 11.8 Å². The Morgan fingerprint density at radius 2 is 1.96 bits per heavy atom. The van der Waals surface area contributed by atoms with Crippen molar-refractivity contribution in [1.29, 1.82) is 0 Å². The summed E-state index contributed by atoms with van der Waals surface area (Å²) in [6, 6.07) is 7.73. The standard InChI is InChI=1S/C18H27ClN4O2/c1-22(2)16(14-5-3-4-6-15(14)19)11-21-18(25)13-7-9-23(10-8-13)12-17(20)24/h3-6,13,16H,7-12H2,1-2H3,(H2,20,24)(H,21,25)/t16-/m1/s1. The first kappa shape index (κ1) is 19.7. The molecule has 1 fully saturated rings. The number of carbonyl (C=O) groups is 2. The van der Waals surface area contributed by atoms with Crippen molar-refractivity contribution in [3.05, 3.63) is 34.9 Å². The first-order chi connectivity index (χ1) is 11.9. The summed E-state index contributed by atoms with van der Waals surface area (Å²) in [7, 11) is 3.95. The fraction of sp³-hybridized carbons (Fsp3) is 0.556. The van der Waals surface area contributed by atoms with Crippen molar-refractivity contribution in [3.63, 3.8) is 0 Å². The lowest BCUT2D eigenvalue weighted by molar-refractivity contribution is -0.126. The zero-order valence-corrected chi connectivity index (χ0v) is 15.6. The summed E-state index contributed by atoms with van der Waals surface area (Å²) in [6.07, 6.45) is 1.50. The second kappa shape index (κ2) is 9.17. The van der Waals surface area contributed by atoms with Crippen molar-refractivity contribution >= 4 is 23.4 Å². The van der Waals surface area contributed by atoms with E-state index in [0.29, 0.717) is 11.6 Å². The number of carbonyl (C=O) groups excluding carboxylic acids is 2. The zero-order chi connectivity index (χ0) is 18.4. The van der Waals surface area contributed by atoms with Crippen LogP contribution < -0.4 is 11.1 Å². The molecule has 1 aliphatic heterocycles. The molecule has 1 aliphatic rings. The third-order valence-electron chi connectivity index (χ3n) is 4.70. The molecule has 2 amide bonds. The van der Waals surface area contributed by atoms with Crippen LogP contribution in [0.25, 0.3) is 0 Å². The Balaban J connectivity index is 1.88. The molecule has 0 saturated carbocycles. The molecule has 2 rings (SSSR count). The smallest absolute Gasteiger partial charge is 0.231 e. The van der Waals surface area contributed by atoms with Gasteiger partial charge in [-0.3, -0.25) is 14.5 Å². The number of hydrogen-bond acceptors (Lipinski definition) is 4. The molecule has 138 valence electrons. The molecule has 1 heterocycles. The van der Waals surface area contributed by atoms with Gasteiger partial charge in [0.25, 0.3) is 0 Å². The summed E-state index contributed by atoms with van der Waals surface area (Å²) in [5.41, 5.74) is 6.22. The van der Waals surface area contributed by atoms with E-state index in [1.807, 2.05) is 43.3 Å². The van der Waals surface area contributed by atoms with Gasteiger partial charge in [-0.15, -0.1) is 0 Å². The molecular formula is C18H27ClN4O2. The van der Waals surface area contributed by atoms with E-state index in [-0.39, 0.29) is 30.3 Å². The topological polar surface area (TPSA) is 78.7 Å². The minimum Gasteiger partial charge on any atom is -0.369 e. The first-order valence-corrected chi connectivity index (χ1v) is 8.95. The molecule has 0 aromatic heterocycles. The van der Waals surface area contributed by atoms with Gasteiger partial charge < -0.3 is 16.0 Å². The maximum atomic E-state index is 12.5. The summed E-state index contributed by atoms with van der Waals surface area (Å²) >= 11 is 6.30. The molecule has 1 saturated heterocycles. The number of likely N-dealkylation sites (N-methyl/N-ethyl adjacent to an activating group) is 1. The first-order valence-electron chi connectivity index (χ1n) is 8.57. The Hall–Kier alpha value is -1.63. The van der Waals surface area contributed by atoms with Gasteiger partial charge in [0, 0.05) is 17.5 Å². The van der Waals surface area contributed by atoms with Crippen LogP contribution in [0, 0.1) is 5.92 Å². The number of hydrogen-bond donors (Lipinski definition) is 2. The van der Waals surface area contributed by atoms with Crippen molar-refractivity contribution in [2.45, 2.75) is 18.9 Å². The monoisotopic (exact) mass is 366 g/mol. The van der Waals surface area contributed by atoms with Crippen LogP contribution in [-0.4, -0.2) is 61.9 Å². The summed E-state index contributed by atoms with van der Waals surface area (Å²) in [4.78, 5) is 27.5. The van der Waals surface area contributed by atoms with E-state index in [9.17, 15) is 9.59 Å². The summed E-state index contributed by atoms with van der Waals surface area (Å²) in [6.45, 7) is 2.23. The van der Waals surface area contributed by atoms with Gasteiger partial charge in [0.05, 0.1) is 12.6 Å². The molecule has 0 spiro atoms. The zero-order valence-electron chi connectivity index (χ0n) is 14.9. The summed E-state index contributed by atoms with van der Waals surface area (Å²) < 4.78 is 0. The van der Waals surface area contributed by atoms with Crippen molar-refractivity contribution in [2.24, 2.45) is 11.7 Å². The Bertz CT molecular complexity index is 600. The lowest BCUT2D eigenvalue weighted by Crippen LogP contribution is -2.44. The molecule has 25 heavy (non-hydrogen) atoms. The summed E-state index contributed by atoms with van der Waals surface area (Å²) in [5, 5.41) is 3.77. The van der Waals surface area contributed by atoms with E-state index in [4.69, 9.17) is 17.3 Å². The second-order valence-electron chi connectivity index (χ2n) is 6.76. The predicted octanol–water partition coefficient (Wildman–Crippen LogP) is 1.26. The number of piperidine rings is 1. The Morgan fingerprint density at radius 3 is 2.52 bits per heavy atom. The molecule has 1 atom stereocenters. The van der Waals surface area contributed by atoms with E-state index in [0.717, 1.165) is 31.5 Å². The average molecular weight is 367 g/mol. The molecule has 0 radical (unpaired) electrons. The fourth-order valence-electron chi connectivity index (χ4n) is 3.23. The molecule has 1 aromatic carbocycles. The van der Waals surface area contributed by atoms with E-state index >= 15 is 0 Å². The largest absolute Gasteiger partial charge is 0.369 e.